The van der Waals surface area contributed by atoms with Crippen molar-refractivity contribution in [3.8, 4) is 11.4 Å². The lowest BCUT2D eigenvalue weighted by Crippen LogP contribution is -2.48. The number of aromatic amines is 1. The molecule has 1 saturated heterocycles. The molecular weight excluding hydrogens is 400 g/mol. The van der Waals surface area contributed by atoms with Crippen LogP contribution in [-0.4, -0.2) is 61.8 Å². The number of amides is 1. The van der Waals surface area contributed by atoms with Crippen LogP contribution in [0.3, 0.4) is 0 Å². The number of nitrogens with one attached hydrogen (secondary N) is 1. The van der Waals surface area contributed by atoms with E-state index in [2.05, 4.69) is 26.3 Å². The van der Waals surface area contributed by atoms with E-state index in [9.17, 15) is 4.79 Å². The first-order chi connectivity index (χ1) is 14.5. The minimum atomic E-state index is 0.142. The molecule has 0 unspecified atom stereocenters. The summed E-state index contributed by atoms with van der Waals surface area (Å²) in [6.45, 7) is 8.28. The van der Waals surface area contributed by atoms with Crippen LogP contribution in [0.15, 0.2) is 34.9 Å². The van der Waals surface area contributed by atoms with Crippen LogP contribution in [0.25, 0.3) is 11.4 Å². The summed E-state index contributed by atoms with van der Waals surface area (Å²) in [6, 6.07) is 10.1. The summed E-state index contributed by atoms with van der Waals surface area (Å²) < 4.78 is 7.73. The van der Waals surface area contributed by atoms with Crippen LogP contribution in [0.5, 0.6) is 0 Å². The molecule has 30 heavy (non-hydrogen) atoms. The summed E-state index contributed by atoms with van der Waals surface area (Å²) in [5, 5.41) is 11.2. The van der Waals surface area contributed by atoms with Crippen molar-refractivity contribution in [3.63, 3.8) is 0 Å². The van der Waals surface area contributed by atoms with Gasteiger partial charge in [-0.15, -0.1) is 0 Å². The largest absolute Gasteiger partial charge is 0.360 e. The van der Waals surface area contributed by atoms with Crippen molar-refractivity contribution in [1.29, 1.82) is 0 Å². The Hall–Kier alpha value is -2.78. The van der Waals surface area contributed by atoms with Crippen molar-refractivity contribution in [2.45, 2.75) is 33.4 Å². The maximum Gasteiger partial charge on any atom is 0.224 e. The molecule has 1 fully saturated rings. The number of carbonyl (C=O) groups excluding carboxylic acids is 1. The summed E-state index contributed by atoms with van der Waals surface area (Å²) >= 11 is 5.39. The van der Waals surface area contributed by atoms with Crippen LogP contribution in [0.4, 0.5) is 0 Å². The van der Waals surface area contributed by atoms with Gasteiger partial charge in [0.2, 0.25) is 5.91 Å². The molecule has 1 N–H and O–H groups in total. The van der Waals surface area contributed by atoms with Gasteiger partial charge in [0, 0.05) is 50.8 Å². The monoisotopic (exact) mass is 426 g/mol. The van der Waals surface area contributed by atoms with Crippen LogP contribution < -0.4 is 0 Å². The first-order valence-corrected chi connectivity index (χ1v) is 10.5. The third-order valence-electron chi connectivity index (χ3n) is 5.37. The van der Waals surface area contributed by atoms with E-state index in [0.717, 1.165) is 48.0 Å². The third-order valence-corrected chi connectivity index (χ3v) is 5.68. The molecule has 9 heteroatoms. The van der Waals surface area contributed by atoms with E-state index in [1.54, 1.807) is 0 Å². The van der Waals surface area contributed by atoms with Crippen molar-refractivity contribution < 1.29 is 9.32 Å². The minimum absolute atomic E-state index is 0.142. The zero-order valence-corrected chi connectivity index (χ0v) is 18.1. The lowest BCUT2D eigenvalue weighted by Gasteiger charge is -2.34. The number of benzene rings is 1. The molecule has 1 amide bonds. The zero-order valence-electron chi connectivity index (χ0n) is 17.3. The van der Waals surface area contributed by atoms with Crippen LogP contribution in [0.2, 0.25) is 0 Å². The average Bonchev–Trinajstić information content (AvgIpc) is 3.31. The summed E-state index contributed by atoms with van der Waals surface area (Å²) in [5.74, 6) is 1.78. The highest BCUT2D eigenvalue weighted by Gasteiger charge is 2.22. The van der Waals surface area contributed by atoms with E-state index >= 15 is 0 Å². The van der Waals surface area contributed by atoms with Crippen molar-refractivity contribution in [2.75, 3.05) is 26.2 Å². The highest BCUT2D eigenvalue weighted by molar-refractivity contribution is 7.71. The number of aromatic nitrogens is 4. The van der Waals surface area contributed by atoms with Gasteiger partial charge >= 0.3 is 0 Å². The van der Waals surface area contributed by atoms with E-state index in [1.807, 2.05) is 47.6 Å². The SMILES string of the molecule is Cc1cccc(-c2n[nH]c(=S)n2CCC(=O)N2CCN(Cc3cc(C)no3)CC2)c1. The van der Waals surface area contributed by atoms with E-state index in [0.29, 0.717) is 30.8 Å². The molecule has 3 aromatic rings. The zero-order chi connectivity index (χ0) is 21.1. The van der Waals surface area contributed by atoms with E-state index in [4.69, 9.17) is 16.7 Å². The number of piperazine rings is 1. The first kappa shape index (κ1) is 20.5. The van der Waals surface area contributed by atoms with Gasteiger partial charge in [-0.1, -0.05) is 28.9 Å². The fraction of sp³-hybridized carbons (Fsp3) is 0.429. The summed E-state index contributed by atoms with van der Waals surface area (Å²) in [6.07, 6.45) is 0.397. The molecule has 4 rings (SSSR count). The molecule has 1 aliphatic heterocycles. The Morgan fingerprint density at radius 2 is 2.00 bits per heavy atom. The molecule has 1 aromatic carbocycles. The molecule has 0 atom stereocenters. The number of rotatable bonds is 6. The molecule has 1 aliphatic rings. The van der Waals surface area contributed by atoms with Gasteiger partial charge in [0.15, 0.2) is 16.4 Å². The predicted molar refractivity (Wildman–Crippen MR) is 115 cm³/mol. The number of H-pyrrole nitrogens is 1. The van der Waals surface area contributed by atoms with Crippen molar-refractivity contribution >= 4 is 18.1 Å². The predicted octanol–water partition coefficient (Wildman–Crippen LogP) is 2.95. The molecule has 3 heterocycles. The Labute approximate surface area is 180 Å². The first-order valence-electron chi connectivity index (χ1n) is 10.1. The molecule has 0 saturated carbocycles. The second kappa shape index (κ2) is 8.93. The van der Waals surface area contributed by atoms with Crippen LogP contribution in [0, 0.1) is 18.6 Å². The van der Waals surface area contributed by atoms with Gasteiger partial charge < -0.3 is 9.42 Å². The maximum atomic E-state index is 12.8. The minimum Gasteiger partial charge on any atom is -0.360 e. The quantitative estimate of drug-likeness (QED) is 0.610. The van der Waals surface area contributed by atoms with Gasteiger partial charge in [-0.25, -0.2) is 0 Å². The summed E-state index contributed by atoms with van der Waals surface area (Å²) in [5.41, 5.74) is 3.04. The Morgan fingerprint density at radius 3 is 2.70 bits per heavy atom. The van der Waals surface area contributed by atoms with Crippen molar-refractivity contribution in [3.05, 3.63) is 52.1 Å². The van der Waals surface area contributed by atoms with Gasteiger partial charge in [0.1, 0.15) is 0 Å². The standard InChI is InChI=1S/C21H26N6O2S/c1-15-4-3-5-17(12-15)20-22-23-21(30)27(20)7-6-19(28)26-10-8-25(9-11-26)14-18-13-16(2)24-29-18/h3-5,12-13H,6-11,14H2,1-2H3,(H,23,30). The Morgan fingerprint density at radius 1 is 1.20 bits per heavy atom. The van der Waals surface area contributed by atoms with Crippen LogP contribution in [-0.2, 0) is 17.9 Å². The van der Waals surface area contributed by atoms with Crippen LogP contribution in [0.1, 0.15) is 23.4 Å². The lowest BCUT2D eigenvalue weighted by atomic mass is 10.1. The molecule has 2 aromatic heterocycles. The topological polar surface area (TPSA) is 83.2 Å². The highest BCUT2D eigenvalue weighted by Crippen LogP contribution is 2.19. The number of hydrogen-bond acceptors (Lipinski definition) is 6. The highest BCUT2D eigenvalue weighted by atomic mass is 32.1. The number of nitrogens with zero attached hydrogens (tertiary/aromatic N) is 5. The maximum absolute atomic E-state index is 12.8. The van der Waals surface area contributed by atoms with Gasteiger partial charge in [-0.2, -0.15) is 5.10 Å². The summed E-state index contributed by atoms with van der Waals surface area (Å²) in [7, 11) is 0. The van der Waals surface area contributed by atoms with Gasteiger partial charge in [0.25, 0.3) is 0 Å². The molecule has 0 spiro atoms. The van der Waals surface area contributed by atoms with Gasteiger partial charge in [-0.05, 0) is 32.1 Å². The fourth-order valence-electron chi connectivity index (χ4n) is 3.76. The summed E-state index contributed by atoms with van der Waals surface area (Å²) in [4.78, 5) is 17.0. The number of carbonyl (C=O) groups is 1. The molecular formula is C21H26N6O2S. The molecule has 0 aliphatic carbocycles. The molecule has 158 valence electrons. The fourth-order valence-corrected chi connectivity index (χ4v) is 3.99. The molecule has 0 radical (unpaired) electrons. The third kappa shape index (κ3) is 4.68. The average molecular weight is 427 g/mol. The Balaban J connectivity index is 1.33. The van der Waals surface area contributed by atoms with Crippen LogP contribution >= 0.6 is 12.2 Å². The number of aryl methyl sites for hydroxylation is 2. The van der Waals surface area contributed by atoms with E-state index in [-0.39, 0.29) is 5.91 Å². The lowest BCUT2D eigenvalue weighted by molar-refractivity contribution is -0.133. The second-order valence-corrected chi connectivity index (χ2v) is 8.10. The van der Waals surface area contributed by atoms with Crippen molar-refractivity contribution in [2.24, 2.45) is 0 Å². The Bertz CT molecular complexity index is 1080. The second-order valence-electron chi connectivity index (χ2n) is 7.72. The Kier molecular flexibility index (Phi) is 6.10. The normalized spacial score (nSPS) is 14.9. The van der Waals surface area contributed by atoms with Gasteiger partial charge in [0.05, 0.1) is 12.2 Å². The van der Waals surface area contributed by atoms with E-state index < -0.39 is 0 Å². The smallest absolute Gasteiger partial charge is 0.224 e. The van der Waals surface area contributed by atoms with Gasteiger partial charge in [-0.3, -0.25) is 19.4 Å². The molecule has 8 nitrogen and oxygen atoms in total. The number of hydrogen-bond donors (Lipinski definition) is 1. The van der Waals surface area contributed by atoms with E-state index in [1.165, 1.54) is 0 Å². The van der Waals surface area contributed by atoms with Crippen molar-refractivity contribution in [1.82, 2.24) is 29.7 Å². The molecule has 0 bridgehead atoms.